The van der Waals surface area contributed by atoms with E-state index in [1.807, 2.05) is 36.4 Å². The maximum atomic E-state index is 9.32. The van der Waals surface area contributed by atoms with Crippen LogP contribution in [0, 0.1) is 22.7 Å². The van der Waals surface area contributed by atoms with E-state index in [4.69, 9.17) is 10.00 Å². The summed E-state index contributed by atoms with van der Waals surface area (Å²) in [5.41, 5.74) is 2.45. The molecule has 0 bridgehead atoms. The lowest BCUT2D eigenvalue weighted by atomic mass is 10.1. The molecule has 0 unspecified atom stereocenters. The molecule has 0 aliphatic carbocycles. The van der Waals surface area contributed by atoms with Crippen molar-refractivity contribution in [2.75, 3.05) is 44.2 Å². The van der Waals surface area contributed by atoms with E-state index in [2.05, 4.69) is 21.9 Å². The molecule has 0 radical (unpaired) electrons. The molecule has 0 saturated carbocycles. The van der Waals surface area contributed by atoms with E-state index in [9.17, 15) is 5.26 Å². The van der Waals surface area contributed by atoms with Crippen LogP contribution in [0.3, 0.4) is 0 Å². The third kappa shape index (κ3) is 5.23. The van der Waals surface area contributed by atoms with Gasteiger partial charge in [0.15, 0.2) is 0 Å². The fraction of sp³-hybridized carbons (Fsp3) is 0.364. The Morgan fingerprint density at radius 3 is 2.48 bits per heavy atom. The second kappa shape index (κ2) is 9.62. The van der Waals surface area contributed by atoms with Gasteiger partial charge in [-0.3, -0.25) is 0 Å². The van der Waals surface area contributed by atoms with Gasteiger partial charge >= 0.3 is 0 Å². The molecule has 5 nitrogen and oxygen atoms in total. The van der Waals surface area contributed by atoms with Gasteiger partial charge in [-0.25, -0.2) is 0 Å². The fourth-order valence-corrected chi connectivity index (χ4v) is 3.38. The van der Waals surface area contributed by atoms with Gasteiger partial charge < -0.3 is 14.5 Å². The quantitative estimate of drug-likeness (QED) is 0.739. The molecule has 2 aromatic carbocycles. The Balaban J connectivity index is 1.43. The Bertz CT molecular complexity index is 819. The molecule has 27 heavy (non-hydrogen) atoms. The number of benzene rings is 2. The number of nitriles is 2. The molecule has 0 amide bonds. The first-order valence-electron chi connectivity index (χ1n) is 9.39. The normalized spacial score (nSPS) is 14.8. The van der Waals surface area contributed by atoms with Crippen molar-refractivity contribution in [3.8, 4) is 17.9 Å². The summed E-state index contributed by atoms with van der Waals surface area (Å²) in [6, 6.07) is 19.5. The molecule has 1 aliphatic rings. The van der Waals surface area contributed by atoms with E-state index >= 15 is 0 Å². The van der Waals surface area contributed by atoms with Gasteiger partial charge in [0.1, 0.15) is 11.8 Å². The Kier molecular flexibility index (Phi) is 6.68. The Hall–Kier alpha value is -3.02. The van der Waals surface area contributed by atoms with Crippen molar-refractivity contribution < 1.29 is 4.74 Å². The smallest absolute Gasteiger partial charge is 0.119 e. The lowest BCUT2D eigenvalue weighted by Crippen LogP contribution is -2.32. The molecular formula is C22H24N4O. The van der Waals surface area contributed by atoms with Crippen LogP contribution >= 0.6 is 0 Å². The van der Waals surface area contributed by atoms with Gasteiger partial charge in [-0.05, 0) is 55.8 Å². The van der Waals surface area contributed by atoms with Crippen LogP contribution in [0.25, 0.3) is 0 Å². The van der Waals surface area contributed by atoms with Crippen molar-refractivity contribution in [3.63, 3.8) is 0 Å². The van der Waals surface area contributed by atoms with E-state index < -0.39 is 0 Å². The Morgan fingerprint density at radius 2 is 1.70 bits per heavy atom. The molecule has 0 N–H and O–H groups in total. The van der Waals surface area contributed by atoms with Crippen LogP contribution in [0.4, 0.5) is 5.69 Å². The Morgan fingerprint density at radius 1 is 0.889 bits per heavy atom. The van der Waals surface area contributed by atoms with Crippen molar-refractivity contribution in [2.45, 2.75) is 12.8 Å². The van der Waals surface area contributed by atoms with E-state index in [1.54, 1.807) is 12.1 Å². The highest BCUT2D eigenvalue weighted by Crippen LogP contribution is 2.21. The molecule has 0 aromatic heterocycles. The second-order valence-electron chi connectivity index (χ2n) is 6.65. The first kappa shape index (κ1) is 18.8. The summed E-state index contributed by atoms with van der Waals surface area (Å²) in [6.07, 6.45) is 2.06. The van der Waals surface area contributed by atoms with Gasteiger partial charge in [-0.15, -0.1) is 0 Å². The average Bonchev–Trinajstić information content (AvgIpc) is 2.97. The second-order valence-corrected chi connectivity index (χ2v) is 6.65. The number of rotatable bonds is 6. The maximum Gasteiger partial charge on any atom is 0.119 e. The van der Waals surface area contributed by atoms with Gasteiger partial charge in [0, 0.05) is 26.2 Å². The number of anilines is 1. The average molecular weight is 360 g/mol. The van der Waals surface area contributed by atoms with Crippen LogP contribution in [0.15, 0.2) is 48.5 Å². The molecule has 5 heteroatoms. The van der Waals surface area contributed by atoms with Crippen molar-refractivity contribution >= 4 is 5.69 Å². The predicted octanol–water partition coefficient (Wildman–Crippen LogP) is 3.41. The molecule has 1 fully saturated rings. The van der Waals surface area contributed by atoms with E-state index in [0.717, 1.165) is 62.6 Å². The van der Waals surface area contributed by atoms with Crippen LogP contribution in [0.5, 0.6) is 5.75 Å². The van der Waals surface area contributed by atoms with Crippen LogP contribution in [0.2, 0.25) is 0 Å². The number of hydrogen-bond donors (Lipinski definition) is 0. The molecule has 138 valence electrons. The first-order chi connectivity index (χ1) is 13.3. The zero-order valence-corrected chi connectivity index (χ0v) is 15.5. The SMILES string of the molecule is N#Cc1ccc(OCCCN2CCCN(c3ccccc3C#N)CC2)cc1. The molecule has 0 spiro atoms. The number of hydrogen-bond acceptors (Lipinski definition) is 5. The minimum Gasteiger partial charge on any atom is -0.494 e. The van der Waals surface area contributed by atoms with Crippen molar-refractivity contribution in [1.82, 2.24) is 4.90 Å². The zero-order chi connectivity index (χ0) is 18.9. The van der Waals surface area contributed by atoms with Gasteiger partial charge in [-0.1, -0.05) is 12.1 Å². The summed E-state index contributed by atoms with van der Waals surface area (Å²) in [4.78, 5) is 4.79. The number of nitrogens with zero attached hydrogens (tertiary/aromatic N) is 4. The van der Waals surface area contributed by atoms with Crippen LogP contribution in [0.1, 0.15) is 24.0 Å². The molecule has 2 aromatic rings. The van der Waals surface area contributed by atoms with E-state index in [1.165, 1.54) is 0 Å². The van der Waals surface area contributed by atoms with Gasteiger partial charge in [-0.2, -0.15) is 10.5 Å². The topological polar surface area (TPSA) is 63.3 Å². The van der Waals surface area contributed by atoms with E-state index in [-0.39, 0.29) is 0 Å². The van der Waals surface area contributed by atoms with Crippen molar-refractivity contribution in [2.24, 2.45) is 0 Å². The summed E-state index contributed by atoms with van der Waals surface area (Å²) in [6.45, 7) is 5.66. The molecular weight excluding hydrogens is 336 g/mol. The molecule has 1 saturated heterocycles. The van der Waals surface area contributed by atoms with Gasteiger partial charge in [0.25, 0.3) is 0 Å². The lowest BCUT2D eigenvalue weighted by molar-refractivity contribution is 0.244. The predicted molar refractivity (Wildman–Crippen MR) is 106 cm³/mol. The highest BCUT2D eigenvalue weighted by Gasteiger charge is 2.16. The third-order valence-electron chi connectivity index (χ3n) is 4.82. The highest BCUT2D eigenvalue weighted by atomic mass is 16.5. The monoisotopic (exact) mass is 360 g/mol. The minimum atomic E-state index is 0.648. The summed E-state index contributed by atoms with van der Waals surface area (Å²) >= 11 is 0. The number of para-hydroxylation sites is 1. The Labute approximate surface area is 161 Å². The van der Waals surface area contributed by atoms with Crippen molar-refractivity contribution in [1.29, 1.82) is 10.5 Å². The molecule has 1 aliphatic heterocycles. The van der Waals surface area contributed by atoms with Crippen LogP contribution in [-0.2, 0) is 0 Å². The van der Waals surface area contributed by atoms with Crippen molar-refractivity contribution in [3.05, 3.63) is 59.7 Å². The number of ether oxygens (including phenoxy) is 1. The van der Waals surface area contributed by atoms with Gasteiger partial charge in [0.05, 0.1) is 29.5 Å². The van der Waals surface area contributed by atoms with E-state index in [0.29, 0.717) is 12.2 Å². The standard InChI is InChI=1S/C22H24N4O/c23-17-19-7-9-21(10-8-19)27-16-4-12-25-11-3-13-26(15-14-25)22-6-2-1-5-20(22)18-24/h1-2,5-10H,3-4,11-16H2. The summed E-state index contributed by atoms with van der Waals surface area (Å²) < 4.78 is 5.77. The minimum absolute atomic E-state index is 0.648. The fourth-order valence-electron chi connectivity index (χ4n) is 3.38. The summed E-state index contributed by atoms with van der Waals surface area (Å²) in [5, 5.41) is 18.1. The highest BCUT2D eigenvalue weighted by molar-refractivity contribution is 5.59. The zero-order valence-electron chi connectivity index (χ0n) is 15.5. The first-order valence-corrected chi connectivity index (χ1v) is 9.39. The molecule has 3 rings (SSSR count). The molecule has 0 atom stereocenters. The summed E-state index contributed by atoms with van der Waals surface area (Å²) in [5.74, 6) is 0.809. The van der Waals surface area contributed by atoms with Crippen LogP contribution in [-0.4, -0.2) is 44.2 Å². The molecule has 1 heterocycles. The van der Waals surface area contributed by atoms with Gasteiger partial charge in [0.2, 0.25) is 0 Å². The van der Waals surface area contributed by atoms with Crippen LogP contribution < -0.4 is 9.64 Å². The summed E-state index contributed by atoms with van der Waals surface area (Å²) in [7, 11) is 0. The maximum absolute atomic E-state index is 9.32. The largest absolute Gasteiger partial charge is 0.494 e. The third-order valence-corrected chi connectivity index (χ3v) is 4.82. The lowest BCUT2D eigenvalue weighted by Gasteiger charge is -2.24.